The lowest BCUT2D eigenvalue weighted by molar-refractivity contribution is -0.166. The lowest BCUT2D eigenvalue weighted by atomic mass is 10.1. The van der Waals surface area contributed by atoms with Crippen molar-refractivity contribution in [1.29, 1.82) is 0 Å². The minimum absolute atomic E-state index is 0.171. The van der Waals surface area contributed by atoms with Gasteiger partial charge in [-0.05, 0) is 51.4 Å². The molecule has 0 aromatic carbocycles. The highest BCUT2D eigenvalue weighted by atomic mass is 28.4. The van der Waals surface area contributed by atoms with Crippen molar-refractivity contribution in [3.05, 3.63) is 0 Å². The minimum Gasteiger partial charge on any atom is -0.415 e. The summed E-state index contributed by atoms with van der Waals surface area (Å²) in [7, 11) is -1.72. The van der Waals surface area contributed by atoms with Gasteiger partial charge in [-0.25, -0.2) is 0 Å². The van der Waals surface area contributed by atoms with Gasteiger partial charge in [-0.3, -0.25) is 4.90 Å². The Hall–Kier alpha value is 0.0569. The molecule has 0 saturated carbocycles. The summed E-state index contributed by atoms with van der Waals surface area (Å²) in [6, 6.07) is 0.883. The van der Waals surface area contributed by atoms with Crippen molar-refractivity contribution in [3.8, 4) is 0 Å². The lowest BCUT2D eigenvalue weighted by Crippen LogP contribution is -2.48. The third kappa shape index (κ3) is 2.79. The Balaban J connectivity index is 1.72. The largest absolute Gasteiger partial charge is 0.415 e. The van der Waals surface area contributed by atoms with Crippen molar-refractivity contribution in [2.45, 2.75) is 95.7 Å². The van der Waals surface area contributed by atoms with E-state index in [4.69, 9.17) is 13.9 Å². The van der Waals surface area contributed by atoms with Crippen LogP contribution in [0.1, 0.15) is 47.5 Å². The number of hydrogen-bond donors (Lipinski definition) is 0. The number of hydrogen-bond acceptors (Lipinski definition) is 4. The molecule has 0 amide bonds. The van der Waals surface area contributed by atoms with Crippen LogP contribution in [0.2, 0.25) is 18.1 Å². The van der Waals surface area contributed by atoms with Crippen molar-refractivity contribution < 1.29 is 13.9 Å². The lowest BCUT2D eigenvalue weighted by Gasteiger charge is -2.38. The molecule has 3 heterocycles. The van der Waals surface area contributed by atoms with E-state index in [0.717, 1.165) is 13.2 Å². The SMILES string of the molecule is CC1(C)O[C@@H]2[C@H](O1)[C@@H]1CCCN1[C@H]2CO[Si](C)(C)C(C)(C)C. The van der Waals surface area contributed by atoms with Crippen LogP contribution in [0.25, 0.3) is 0 Å². The first-order valence-corrected chi connectivity index (χ1v) is 11.7. The molecular formula is C17H33NO3Si. The zero-order chi connectivity index (χ0) is 16.3. The van der Waals surface area contributed by atoms with E-state index in [1.807, 2.05) is 13.8 Å². The highest BCUT2D eigenvalue weighted by Crippen LogP contribution is 2.45. The summed E-state index contributed by atoms with van der Waals surface area (Å²) in [5.74, 6) is -0.445. The molecule has 0 aromatic heterocycles. The molecule has 4 atom stereocenters. The normalized spacial score (nSPS) is 38.3. The number of fused-ring (bicyclic) bond motifs is 3. The summed E-state index contributed by atoms with van der Waals surface area (Å²) in [6.07, 6.45) is 2.90. The molecule has 0 aliphatic carbocycles. The predicted octanol–water partition coefficient (Wildman–Crippen LogP) is 3.37. The summed E-state index contributed by atoms with van der Waals surface area (Å²) in [6.45, 7) is 17.6. The minimum atomic E-state index is -1.72. The van der Waals surface area contributed by atoms with Gasteiger partial charge in [0.15, 0.2) is 14.1 Å². The third-order valence-electron chi connectivity index (χ3n) is 6.11. The Bertz CT molecular complexity index is 432. The molecule has 0 N–H and O–H groups in total. The molecule has 0 radical (unpaired) electrons. The smallest absolute Gasteiger partial charge is 0.192 e. The average Bonchev–Trinajstić information content (AvgIpc) is 2.97. The summed E-state index contributed by atoms with van der Waals surface area (Å²) >= 11 is 0. The maximum atomic E-state index is 6.52. The Labute approximate surface area is 136 Å². The van der Waals surface area contributed by atoms with Gasteiger partial charge in [0.05, 0.1) is 12.6 Å². The highest BCUT2D eigenvalue weighted by Gasteiger charge is 2.59. The van der Waals surface area contributed by atoms with Crippen molar-refractivity contribution in [2.24, 2.45) is 0 Å². The molecule has 3 aliphatic rings. The molecule has 0 spiro atoms. The van der Waals surface area contributed by atoms with E-state index < -0.39 is 14.1 Å². The van der Waals surface area contributed by atoms with Crippen LogP contribution in [0.15, 0.2) is 0 Å². The maximum absolute atomic E-state index is 6.52. The van der Waals surface area contributed by atoms with Gasteiger partial charge in [0.1, 0.15) is 12.2 Å². The summed E-state index contributed by atoms with van der Waals surface area (Å²) in [4.78, 5) is 2.59. The van der Waals surface area contributed by atoms with E-state index in [2.05, 4.69) is 38.8 Å². The second kappa shape index (κ2) is 5.28. The topological polar surface area (TPSA) is 30.9 Å². The second-order valence-corrected chi connectivity index (χ2v) is 14.0. The van der Waals surface area contributed by atoms with Crippen LogP contribution in [0.4, 0.5) is 0 Å². The predicted molar refractivity (Wildman–Crippen MR) is 90.5 cm³/mol. The maximum Gasteiger partial charge on any atom is 0.192 e. The first kappa shape index (κ1) is 16.9. The Morgan fingerprint density at radius 1 is 1.18 bits per heavy atom. The van der Waals surface area contributed by atoms with Crippen LogP contribution in [0.3, 0.4) is 0 Å². The number of nitrogens with zero attached hydrogens (tertiary/aromatic N) is 1. The fourth-order valence-corrected chi connectivity index (χ4v) is 4.90. The molecule has 0 aromatic rings. The Morgan fingerprint density at radius 3 is 2.45 bits per heavy atom. The third-order valence-corrected chi connectivity index (χ3v) is 10.6. The molecule has 3 saturated heterocycles. The van der Waals surface area contributed by atoms with Gasteiger partial charge in [0, 0.05) is 6.04 Å². The van der Waals surface area contributed by atoms with Crippen LogP contribution in [0.5, 0.6) is 0 Å². The van der Waals surface area contributed by atoms with E-state index in [0.29, 0.717) is 12.1 Å². The molecular weight excluding hydrogens is 294 g/mol. The van der Waals surface area contributed by atoms with Gasteiger partial charge >= 0.3 is 0 Å². The van der Waals surface area contributed by atoms with Crippen LogP contribution in [-0.4, -0.2) is 56.4 Å². The monoisotopic (exact) mass is 327 g/mol. The second-order valence-electron chi connectivity index (χ2n) is 9.15. The quantitative estimate of drug-likeness (QED) is 0.744. The molecule has 3 rings (SSSR count). The molecule has 0 unspecified atom stereocenters. The Kier molecular flexibility index (Phi) is 4.06. The van der Waals surface area contributed by atoms with Crippen molar-refractivity contribution in [2.75, 3.05) is 13.2 Å². The fourth-order valence-electron chi connectivity index (χ4n) is 3.88. The zero-order valence-corrected chi connectivity index (χ0v) is 16.3. The van der Waals surface area contributed by atoms with Gasteiger partial charge in [-0.15, -0.1) is 0 Å². The molecule has 22 heavy (non-hydrogen) atoms. The van der Waals surface area contributed by atoms with E-state index in [-0.39, 0.29) is 17.2 Å². The van der Waals surface area contributed by atoms with E-state index >= 15 is 0 Å². The van der Waals surface area contributed by atoms with Crippen molar-refractivity contribution in [3.63, 3.8) is 0 Å². The molecule has 4 nitrogen and oxygen atoms in total. The van der Waals surface area contributed by atoms with Crippen molar-refractivity contribution in [1.82, 2.24) is 4.90 Å². The molecule has 128 valence electrons. The fraction of sp³-hybridized carbons (Fsp3) is 1.00. The first-order valence-electron chi connectivity index (χ1n) is 8.77. The zero-order valence-electron chi connectivity index (χ0n) is 15.3. The van der Waals surface area contributed by atoms with Gasteiger partial charge in [-0.2, -0.15) is 0 Å². The van der Waals surface area contributed by atoms with Crippen LogP contribution in [-0.2, 0) is 13.9 Å². The first-order chi connectivity index (χ1) is 10.0. The van der Waals surface area contributed by atoms with Crippen molar-refractivity contribution >= 4 is 8.32 Å². The van der Waals surface area contributed by atoms with Gasteiger partial charge in [-0.1, -0.05) is 20.8 Å². The highest BCUT2D eigenvalue weighted by molar-refractivity contribution is 6.74. The van der Waals surface area contributed by atoms with Gasteiger partial charge in [0.25, 0.3) is 0 Å². The van der Waals surface area contributed by atoms with Crippen LogP contribution >= 0.6 is 0 Å². The summed E-state index contributed by atoms with van der Waals surface area (Å²) in [5, 5.41) is 0.252. The Morgan fingerprint density at radius 2 is 1.82 bits per heavy atom. The van der Waals surface area contributed by atoms with Gasteiger partial charge < -0.3 is 13.9 Å². The van der Waals surface area contributed by atoms with Crippen LogP contribution in [0, 0.1) is 0 Å². The number of ether oxygens (including phenoxy) is 2. The van der Waals surface area contributed by atoms with E-state index in [9.17, 15) is 0 Å². The summed E-state index contributed by atoms with van der Waals surface area (Å²) in [5.41, 5.74) is 0. The molecule has 3 aliphatic heterocycles. The number of rotatable bonds is 3. The van der Waals surface area contributed by atoms with E-state index in [1.54, 1.807) is 0 Å². The summed E-state index contributed by atoms with van der Waals surface area (Å²) < 4.78 is 19.0. The van der Waals surface area contributed by atoms with Crippen LogP contribution < -0.4 is 0 Å². The van der Waals surface area contributed by atoms with Gasteiger partial charge in [0.2, 0.25) is 0 Å². The average molecular weight is 328 g/mol. The molecule has 5 heteroatoms. The van der Waals surface area contributed by atoms with E-state index in [1.165, 1.54) is 12.8 Å². The standard InChI is InChI=1S/C17H33NO3Si/c1-16(2,3)22(6,7)19-11-13-15-14(20-17(4,5)21-15)12-9-8-10-18(12)13/h12-15H,8-11H2,1-7H3/t12-,13-,14+,15-/m0/s1. The molecule has 0 bridgehead atoms. The molecule has 3 fully saturated rings.